The lowest BCUT2D eigenvalue weighted by atomic mass is 10.2. The molecule has 0 aromatic carbocycles. The third kappa shape index (κ3) is 3.84. The Morgan fingerprint density at radius 2 is 2.18 bits per heavy atom. The first-order chi connectivity index (χ1) is 8.20. The van der Waals surface area contributed by atoms with Gasteiger partial charge in [0.05, 0.1) is 0 Å². The second kappa shape index (κ2) is 6.03. The highest BCUT2D eigenvalue weighted by atomic mass is 35.5. The summed E-state index contributed by atoms with van der Waals surface area (Å²) < 4.78 is 0. The number of pyridine rings is 1. The Hall–Kier alpha value is -0.310. The SMILES string of the molecule is CCCCN(Cc1cnc(Cl)cc1Cl)C1CC1. The molecule has 0 aliphatic heterocycles. The van der Waals surface area contributed by atoms with Gasteiger partial charge >= 0.3 is 0 Å². The minimum atomic E-state index is 0.463. The van der Waals surface area contributed by atoms with Crippen molar-refractivity contribution < 1.29 is 0 Å². The molecule has 1 aromatic heterocycles. The maximum Gasteiger partial charge on any atom is 0.130 e. The highest BCUT2D eigenvalue weighted by Gasteiger charge is 2.28. The third-order valence-electron chi connectivity index (χ3n) is 3.13. The Morgan fingerprint density at radius 1 is 1.41 bits per heavy atom. The molecule has 1 aliphatic carbocycles. The van der Waals surface area contributed by atoms with Crippen LogP contribution in [0.25, 0.3) is 0 Å². The number of hydrogen-bond acceptors (Lipinski definition) is 2. The topological polar surface area (TPSA) is 16.1 Å². The number of rotatable bonds is 6. The average molecular weight is 273 g/mol. The van der Waals surface area contributed by atoms with Gasteiger partial charge in [0, 0.05) is 29.4 Å². The molecule has 0 spiro atoms. The van der Waals surface area contributed by atoms with Crippen molar-refractivity contribution in [3.05, 3.63) is 28.0 Å². The fraction of sp³-hybridized carbons (Fsp3) is 0.615. The van der Waals surface area contributed by atoms with Gasteiger partial charge in [-0.1, -0.05) is 36.5 Å². The zero-order valence-corrected chi connectivity index (χ0v) is 11.6. The fourth-order valence-electron chi connectivity index (χ4n) is 1.96. The van der Waals surface area contributed by atoms with E-state index in [4.69, 9.17) is 23.2 Å². The van der Waals surface area contributed by atoms with Gasteiger partial charge in [-0.05, 0) is 31.9 Å². The van der Waals surface area contributed by atoms with Crippen molar-refractivity contribution in [2.75, 3.05) is 6.54 Å². The van der Waals surface area contributed by atoms with E-state index in [0.29, 0.717) is 5.15 Å². The molecule has 0 radical (unpaired) electrons. The minimum Gasteiger partial charge on any atom is -0.296 e. The van der Waals surface area contributed by atoms with E-state index in [9.17, 15) is 0 Å². The molecular formula is C13H18Cl2N2. The largest absolute Gasteiger partial charge is 0.296 e. The molecule has 1 aliphatic rings. The smallest absolute Gasteiger partial charge is 0.130 e. The number of nitrogens with zero attached hydrogens (tertiary/aromatic N) is 2. The minimum absolute atomic E-state index is 0.463. The number of aromatic nitrogens is 1. The second-order valence-corrected chi connectivity index (χ2v) is 5.45. The molecule has 4 heteroatoms. The summed E-state index contributed by atoms with van der Waals surface area (Å²) in [5.41, 5.74) is 1.08. The molecule has 2 rings (SSSR count). The summed E-state index contributed by atoms with van der Waals surface area (Å²) in [4.78, 5) is 6.62. The van der Waals surface area contributed by atoms with Crippen LogP contribution in [0, 0.1) is 0 Å². The van der Waals surface area contributed by atoms with Gasteiger partial charge in [0.1, 0.15) is 5.15 Å². The van der Waals surface area contributed by atoms with Gasteiger partial charge < -0.3 is 0 Å². The maximum absolute atomic E-state index is 6.18. The van der Waals surface area contributed by atoms with E-state index in [1.54, 1.807) is 12.3 Å². The van der Waals surface area contributed by atoms with Crippen LogP contribution in [-0.2, 0) is 6.54 Å². The molecule has 0 unspecified atom stereocenters. The summed E-state index contributed by atoms with van der Waals surface area (Å²) in [6, 6.07) is 2.48. The zero-order chi connectivity index (χ0) is 12.3. The lowest BCUT2D eigenvalue weighted by Crippen LogP contribution is -2.26. The summed E-state index contributed by atoms with van der Waals surface area (Å²) in [6.45, 7) is 4.27. The molecule has 1 fully saturated rings. The number of hydrogen-bond donors (Lipinski definition) is 0. The molecule has 1 saturated carbocycles. The monoisotopic (exact) mass is 272 g/mol. The van der Waals surface area contributed by atoms with Gasteiger partial charge in [-0.15, -0.1) is 0 Å². The van der Waals surface area contributed by atoms with E-state index in [1.807, 2.05) is 0 Å². The standard InChI is InChI=1S/C13H18Cl2N2/c1-2-3-6-17(11-4-5-11)9-10-8-16-13(15)7-12(10)14/h7-8,11H,2-6,9H2,1H3. The first kappa shape index (κ1) is 13.1. The third-order valence-corrected chi connectivity index (χ3v) is 3.69. The normalized spacial score (nSPS) is 15.5. The van der Waals surface area contributed by atoms with E-state index in [0.717, 1.165) is 29.7 Å². The fourth-order valence-corrected chi connectivity index (χ4v) is 2.39. The molecule has 0 N–H and O–H groups in total. The molecule has 1 aromatic rings. The van der Waals surface area contributed by atoms with Crippen LogP contribution in [0.2, 0.25) is 10.2 Å². The molecule has 0 atom stereocenters. The summed E-state index contributed by atoms with van der Waals surface area (Å²) >= 11 is 12.0. The van der Waals surface area contributed by atoms with Crippen molar-refractivity contribution >= 4 is 23.2 Å². The van der Waals surface area contributed by atoms with Crippen molar-refractivity contribution in [3.63, 3.8) is 0 Å². The van der Waals surface area contributed by atoms with E-state index in [-0.39, 0.29) is 0 Å². The Kier molecular flexibility index (Phi) is 4.66. The molecule has 2 nitrogen and oxygen atoms in total. The van der Waals surface area contributed by atoms with Gasteiger partial charge in [0.2, 0.25) is 0 Å². The molecule has 94 valence electrons. The maximum atomic E-state index is 6.18. The van der Waals surface area contributed by atoms with Crippen LogP contribution in [-0.4, -0.2) is 22.5 Å². The number of halogens is 2. The van der Waals surface area contributed by atoms with Crippen LogP contribution in [0.4, 0.5) is 0 Å². The van der Waals surface area contributed by atoms with Crippen LogP contribution in [0.3, 0.4) is 0 Å². The molecule has 1 heterocycles. The second-order valence-electron chi connectivity index (χ2n) is 4.65. The van der Waals surface area contributed by atoms with Crippen molar-refractivity contribution in [2.24, 2.45) is 0 Å². The molecule has 17 heavy (non-hydrogen) atoms. The van der Waals surface area contributed by atoms with Crippen molar-refractivity contribution in [1.29, 1.82) is 0 Å². The van der Waals surface area contributed by atoms with Gasteiger partial charge in [0.15, 0.2) is 0 Å². The summed E-state index contributed by atoms with van der Waals surface area (Å²) in [5, 5.41) is 1.19. The van der Waals surface area contributed by atoms with Crippen LogP contribution in [0.15, 0.2) is 12.3 Å². The lowest BCUT2D eigenvalue weighted by Gasteiger charge is -2.22. The predicted molar refractivity (Wildman–Crippen MR) is 72.6 cm³/mol. The molecule has 0 amide bonds. The molecular weight excluding hydrogens is 255 g/mol. The Bertz CT molecular complexity index is 378. The van der Waals surface area contributed by atoms with Gasteiger partial charge in [-0.2, -0.15) is 0 Å². The van der Waals surface area contributed by atoms with E-state index < -0.39 is 0 Å². The van der Waals surface area contributed by atoms with Gasteiger partial charge in [0.25, 0.3) is 0 Å². The Labute approximate surface area is 113 Å². The predicted octanol–water partition coefficient (Wildman–Crippen LogP) is 4.15. The first-order valence-corrected chi connectivity index (χ1v) is 7.00. The van der Waals surface area contributed by atoms with E-state index in [2.05, 4.69) is 16.8 Å². The van der Waals surface area contributed by atoms with Gasteiger partial charge in [-0.3, -0.25) is 4.90 Å². The Morgan fingerprint density at radius 3 is 2.76 bits per heavy atom. The highest BCUT2D eigenvalue weighted by Crippen LogP contribution is 2.30. The Balaban J connectivity index is 2.00. The van der Waals surface area contributed by atoms with Gasteiger partial charge in [-0.25, -0.2) is 4.98 Å². The lowest BCUT2D eigenvalue weighted by molar-refractivity contribution is 0.250. The first-order valence-electron chi connectivity index (χ1n) is 6.24. The van der Waals surface area contributed by atoms with Crippen LogP contribution in [0.5, 0.6) is 0 Å². The van der Waals surface area contributed by atoms with Crippen molar-refractivity contribution in [2.45, 2.75) is 45.2 Å². The summed E-state index contributed by atoms with van der Waals surface area (Å²) in [7, 11) is 0. The van der Waals surface area contributed by atoms with Crippen LogP contribution in [0.1, 0.15) is 38.2 Å². The highest BCUT2D eigenvalue weighted by molar-refractivity contribution is 6.34. The van der Waals surface area contributed by atoms with E-state index >= 15 is 0 Å². The van der Waals surface area contributed by atoms with Crippen molar-refractivity contribution in [3.8, 4) is 0 Å². The number of unbranched alkanes of at least 4 members (excludes halogenated alkanes) is 1. The quantitative estimate of drug-likeness (QED) is 0.724. The zero-order valence-electron chi connectivity index (χ0n) is 10.1. The van der Waals surface area contributed by atoms with Crippen molar-refractivity contribution in [1.82, 2.24) is 9.88 Å². The molecule has 0 bridgehead atoms. The van der Waals surface area contributed by atoms with Crippen LogP contribution >= 0.6 is 23.2 Å². The summed E-state index contributed by atoms with van der Waals surface area (Å²) in [5.74, 6) is 0. The van der Waals surface area contributed by atoms with Crippen LogP contribution < -0.4 is 0 Å². The van der Waals surface area contributed by atoms with E-state index in [1.165, 1.54) is 25.7 Å². The average Bonchev–Trinajstić information content (AvgIpc) is 3.11. The molecule has 0 saturated heterocycles. The summed E-state index contributed by atoms with van der Waals surface area (Å²) in [6.07, 6.45) is 6.92.